The molecule has 4 N–H and O–H groups in total. The van der Waals surface area contributed by atoms with Gasteiger partial charge in [0.1, 0.15) is 0 Å². The first kappa shape index (κ1) is 26.3. The Bertz CT molecular complexity index is 1040. The molecule has 0 unspecified atom stereocenters. The number of aliphatic hydroxyl groups is 3. The topological polar surface area (TPSA) is 116 Å². The molecule has 7 nitrogen and oxygen atoms in total. The highest BCUT2D eigenvalue weighted by molar-refractivity contribution is 5.94. The first-order valence-corrected chi connectivity index (χ1v) is 12.8. The maximum Gasteiger partial charge on any atom is 0.331 e. The number of benzene rings is 1. The molecule has 1 aliphatic carbocycles. The highest BCUT2D eigenvalue weighted by Gasteiger charge is 2.67. The molecule has 2 fully saturated rings. The number of amides is 1. The minimum absolute atomic E-state index is 0.204. The monoisotopic (exact) mass is 495 g/mol. The molecular weight excluding hydrogens is 458 g/mol. The quantitative estimate of drug-likeness (QED) is 0.370. The molecule has 1 amide bonds. The summed E-state index contributed by atoms with van der Waals surface area (Å²) in [5, 5.41) is 34.9. The summed E-state index contributed by atoms with van der Waals surface area (Å²) in [7, 11) is 0. The second-order valence-corrected chi connectivity index (χ2v) is 10.6. The number of hydrogen-bond donors (Lipinski definition) is 4. The molecule has 36 heavy (non-hydrogen) atoms. The molecule has 1 saturated heterocycles. The van der Waals surface area contributed by atoms with Gasteiger partial charge in [0.05, 0.1) is 24.2 Å². The summed E-state index contributed by atoms with van der Waals surface area (Å²) in [5.74, 6) is -2.62. The summed E-state index contributed by atoms with van der Waals surface area (Å²) in [4.78, 5) is 26.8. The molecule has 1 spiro atoms. The number of rotatable bonds is 2. The fourth-order valence-electron chi connectivity index (χ4n) is 6.06. The molecule has 2 heterocycles. The number of hydrogen-bond acceptors (Lipinski definition) is 6. The third-order valence-electron chi connectivity index (χ3n) is 8.17. The largest absolute Gasteiger partial charge is 0.445 e. The minimum atomic E-state index is -1.64. The van der Waals surface area contributed by atoms with Crippen molar-refractivity contribution in [3.8, 4) is 0 Å². The van der Waals surface area contributed by atoms with Gasteiger partial charge in [-0.25, -0.2) is 4.79 Å². The zero-order chi connectivity index (χ0) is 26.0. The van der Waals surface area contributed by atoms with E-state index in [0.717, 1.165) is 11.6 Å². The molecule has 9 atom stereocenters. The number of allylic oxidation sites excluding steroid dienone is 1. The van der Waals surface area contributed by atoms with E-state index >= 15 is 0 Å². The molecular formula is C29H37NO6. The normalized spacial score (nSPS) is 41.3. The molecule has 1 saturated carbocycles. The Balaban J connectivity index is 1.78. The van der Waals surface area contributed by atoms with Gasteiger partial charge in [0.15, 0.2) is 0 Å². The molecule has 0 bridgehead atoms. The van der Waals surface area contributed by atoms with Crippen molar-refractivity contribution in [2.75, 3.05) is 0 Å². The summed E-state index contributed by atoms with van der Waals surface area (Å²) in [6.07, 6.45) is 4.91. The fraction of sp³-hybridized carbons (Fsp3) is 0.517. The fourth-order valence-corrected chi connectivity index (χ4v) is 6.06. The van der Waals surface area contributed by atoms with E-state index in [1.165, 1.54) is 6.08 Å². The second-order valence-electron chi connectivity index (χ2n) is 10.6. The molecule has 4 rings (SSSR count). The molecule has 2 aliphatic heterocycles. The van der Waals surface area contributed by atoms with E-state index in [0.29, 0.717) is 31.3 Å². The molecule has 1 aromatic carbocycles. The number of nitrogens with one attached hydrogen (secondary N) is 1. The number of carbonyl (C=O) groups excluding carboxylic acids is 2. The van der Waals surface area contributed by atoms with E-state index in [9.17, 15) is 24.9 Å². The van der Waals surface area contributed by atoms with E-state index in [-0.39, 0.29) is 17.9 Å². The third-order valence-corrected chi connectivity index (χ3v) is 8.17. The minimum Gasteiger partial charge on any atom is -0.445 e. The summed E-state index contributed by atoms with van der Waals surface area (Å²) in [5.41, 5.74) is 0.00183. The van der Waals surface area contributed by atoms with Gasteiger partial charge in [-0.1, -0.05) is 62.9 Å². The van der Waals surface area contributed by atoms with Crippen LogP contribution < -0.4 is 5.32 Å². The van der Waals surface area contributed by atoms with Gasteiger partial charge in [0.2, 0.25) is 5.60 Å². The Morgan fingerprint density at radius 1 is 1.08 bits per heavy atom. The van der Waals surface area contributed by atoms with Gasteiger partial charge < -0.3 is 25.4 Å². The van der Waals surface area contributed by atoms with Crippen molar-refractivity contribution < 1.29 is 29.6 Å². The van der Waals surface area contributed by atoms with Gasteiger partial charge in [-0.05, 0) is 54.7 Å². The second kappa shape index (κ2) is 10.7. The highest BCUT2D eigenvalue weighted by Crippen LogP contribution is 2.52. The molecule has 0 radical (unpaired) electrons. The Labute approximate surface area is 212 Å². The van der Waals surface area contributed by atoms with Crippen LogP contribution in [0.1, 0.15) is 38.7 Å². The summed E-state index contributed by atoms with van der Waals surface area (Å²) >= 11 is 0. The van der Waals surface area contributed by atoms with E-state index < -0.39 is 47.6 Å². The highest BCUT2D eigenvalue weighted by atomic mass is 16.6. The standard InChI is InChI=1S/C29H37NO6/c1-17-8-7-11-21-27(34)19(3)18(2)26-22(16-20-9-5-4-6-10-20)30-28(35)29(21,26)36-25(33)15-14-24(32)23(31)13-12-17/h4-7,9-11,14-15,17-18,21-24,26-27,31-32,34H,3,8,12-13,16H2,1-2H3,(H,30,35)/b11-7+,15-14+/t17-,18+,21-,22-,23+,24-,26-,27+,29+/m0/s1. The van der Waals surface area contributed by atoms with Crippen LogP contribution in [0.2, 0.25) is 0 Å². The maximum absolute atomic E-state index is 13.8. The summed E-state index contributed by atoms with van der Waals surface area (Å²) < 4.78 is 6.01. The average molecular weight is 496 g/mol. The van der Waals surface area contributed by atoms with E-state index in [2.05, 4.69) is 11.9 Å². The van der Waals surface area contributed by atoms with Crippen LogP contribution in [-0.2, 0) is 20.7 Å². The van der Waals surface area contributed by atoms with Crippen molar-refractivity contribution in [1.29, 1.82) is 0 Å². The van der Waals surface area contributed by atoms with Gasteiger partial charge in [0.25, 0.3) is 5.91 Å². The Morgan fingerprint density at radius 3 is 2.53 bits per heavy atom. The van der Waals surface area contributed by atoms with Crippen molar-refractivity contribution in [2.45, 2.75) is 69.5 Å². The smallest absolute Gasteiger partial charge is 0.331 e. The lowest BCUT2D eigenvalue weighted by Crippen LogP contribution is -2.61. The predicted molar refractivity (Wildman–Crippen MR) is 135 cm³/mol. The molecule has 7 heteroatoms. The van der Waals surface area contributed by atoms with Gasteiger partial charge in [0, 0.05) is 18.0 Å². The van der Waals surface area contributed by atoms with E-state index in [1.807, 2.05) is 50.3 Å². The Morgan fingerprint density at radius 2 is 1.81 bits per heavy atom. The zero-order valence-electron chi connectivity index (χ0n) is 20.9. The van der Waals surface area contributed by atoms with Crippen LogP contribution in [0.15, 0.2) is 66.8 Å². The number of carbonyl (C=O) groups is 2. The Hall–Kier alpha value is -2.74. The van der Waals surface area contributed by atoms with Crippen molar-refractivity contribution in [3.05, 3.63) is 72.4 Å². The number of aliphatic hydroxyl groups excluding tert-OH is 3. The van der Waals surface area contributed by atoms with Crippen molar-refractivity contribution in [3.63, 3.8) is 0 Å². The van der Waals surface area contributed by atoms with Gasteiger partial charge >= 0.3 is 5.97 Å². The van der Waals surface area contributed by atoms with Gasteiger partial charge in [-0.15, -0.1) is 0 Å². The van der Waals surface area contributed by atoms with Crippen LogP contribution in [0, 0.1) is 23.7 Å². The van der Waals surface area contributed by atoms with Crippen LogP contribution in [0.3, 0.4) is 0 Å². The molecule has 0 aromatic heterocycles. The molecule has 1 aromatic rings. The van der Waals surface area contributed by atoms with Crippen molar-refractivity contribution in [1.82, 2.24) is 5.32 Å². The predicted octanol–water partition coefficient (Wildman–Crippen LogP) is 2.46. The lowest BCUT2D eigenvalue weighted by molar-refractivity contribution is -0.182. The van der Waals surface area contributed by atoms with Crippen LogP contribution >= 0.6 is 0 Å². The zero-order valence-corrected chi connectivity index (χ0v) is 20.9. The lowest BCUT2D eigenvalue weighted by Gasteiger charge is -2.49. The SMILES string of the molecule is C=C1[C@@H](C)[C@H]2[C@H](Cc3ccccc3)NC(=O)[C@]23OC(=O)/C=C/[C@H](O)[C@H](O)CC[C@@H](C)C/C=C/[C@H]3[C@@H]1O. The first-order valence-electron chi connectivity index (χ1n) is 12.8. The summed E-state index contributed by atoms with van der Waals surface area (Å²) in [6, 6.07) is 9.45. The average Bonchev–Trinajstić information content (AvgIpc) is 3.12. The lowest BCUT2D eigenvalue weighted by atomic mass is 9.59. The van der Waals surface area contributed by atoms with Crippen LogP contribution in [-0.4, -0.2) is 57.2 Å². The molecule has 3 aliphatic rings. The van der Waals surface area contributed by atoms with Crippen LogP contribution in [0.4, 0.5) is 0 Å². The number of esters is 1. The summed E-state index contributed by atoms with van der Waals surface area (Å²) in [6.45, 7) is 8.11. The third kappa shape index (κ3) is 4.92. The van der Waals surface area contributed by atoms with E-state index in [1.54, 1.807) is 6.08 Å². The van der Waals surface area contributed by atoms with Gasteiger partial charge in [-0.2, -0.15) is 0 Å². The van der Waals surface area contributed by atoms with Crippen molar-refractivity contribution >= 4 is 11.9 Å². The van der Waals surface area contributed by atoms with E-state index in [4.69, 9.17) is 4.74 Å². The Kier molecular flexibility index (Phi) is 7.83. The van der Waals surface area contributed by atoms with Crippen LogP contribution in [0.5, 0.6) is 0 Å². The number of ether oxygens (including phenoxy) is 1. The van der Waals surface area contributed by atoms with Crippen molar-refractivity contribution in [2.24, 2.45) is 23.7 Å². The van der Waals surface area contributed by atoms with Gasteiger partial charge in [-0.3, -0.25) is 4.79 Å². The molecule has 194 valence electrons. The maximum atomic E-state index is 13.8. The first-order chi connectivity index (χ1) is 17.1. The van der Waals surface area contributed by atoms with Crippen LogP contribution in [0.25, 0.3) is 0 Å².